The Morgan fingerprint density at radius 1 is 1.39 bits per heavy atom. The molecule has 1 fully saturated rings. The quantitative estimate of drug-likeness (QED) is 0.860. The number of aromatic nitrogens is 2. The van der Waals surface area contributed by atoms with Gasteiger partial charge in [-0.25, -0.2) is 0 Å². The van der Waals surface area contributed by atoms with Crippen molar-refractivity contribution in [2.75, 3.05) is 7.05 Å². The molecular formula is C13H23N3OS. The fourth-order valence-corrected chi connectivity index (χ4v) is 3.39. The molecule has 0 saturated heterocycles. The minimum Gasteiger partial charge on any atom is -0.339 e. The SMILES string of the molecule is CNC(C)Cc1nc(CSC2CCCCC2)no1. The minimum atomic E-state index is 0.379. The molecule has 0 amide bonds. The van der Waals surface area contributed by atoms with Crippen LogP contribution in [0.1, 0.15) is 50.7 Å². The number of nitrogens with zero attached hydrogens (tertiary/aromatic N) is 2. The highest BCUT2D eigenvalue weighted by atomic mass is 32.2. The summed E-state index contributed by atoms with van der Waals surface area (Å²) in [7, 11) is 1.95. The third-order valence-corrected chi connectivity index (χ3v) is 4.85. The van der Waals surface area contributed by atoms with Gasteiger partial charge in [0.2, 0.25) is 5.89 Å². The Morgan fingerprint density at radius 2 is 2.17 bits per heavy atom. The fourth-order valence-electron chi connectivity index (χ4n) is 2.22. The van der Waals surface area contributed by atoms with E-state index in [9.17, 15) is 0 Å². The molecule has 1 atom stereocenters. The van der Waals surface area contributed by atoms with Gasteiger partial charge in [0.1, 0.15) is 0 Å². The Balaban J connectivity index is 1.75. The minimum absolute atomic E-state index is 0.379. The van der Waals surface area contributed by atoms with Crippen LogP contribution in [0.25, 0.3) is 0 Å². The number of hydrogen-bond acceptors (Lipinski definition) is 5. The molecule has 4 nitrogen and oxygen atoms in total. The Morgan fingerprint density at radius 3 is 2.89 bits per heavy atom. The van der Waals surface area contributed by atoms with Gasteiger partial charge in [0.05, 0.1) is 5.75 Å². The topological polar surface area (TPSA) is 51.0 Å². The first-order valence-corrected chi connectivity index (χ1v) is 7.93. The van der Waals surface area contributed by atoms with Crippen molar-refractivity contribution >= 4 is 11.8 Å². The lowest BCUT2D eigenvalue weighted by molar-refractivity contribution is 0.362. The molecule has 1 aromatic rings. The second kappa shape index (κ2) is 7.14. The highest BCUT2D eigenvalue weighted by Gasteiger charge is 2.15. The molecule has 18 heavy (non-hydrogen) atoms. The summed E-state index contributed by atoms with van der Waals surface area (Å²) in [6.45, 7) is 2.11. The van der Waals surface area contributed by atoms with Gasteiger partial charge in [0.15, 0.2) is 5.82 Å². The highest BCUT2D eigenvalue weighted by Crippen LogP contribution is 2.29. The Hall–Kier alpha value is -0.550. The summed E-state index contributed by atoms with van der Waals surface area (Å²) in [6, 6.07) is 0.379. The zero-order valence-corrected chi connectivity index (χ0v) is 12.1. The normalized spacial score (nSPS) is 19.0. The van der Waals surface area contributed by atoms with E-state index in [4.69, 9.17) is 4.52 Å². The Bertz CT molecular complexity index is 350. The molecule has 0 bridgehead atoms. The van der Waals surface area contributed by atoms with Crippen LogP contribution in [-0.2, 0) is 12.2 Å². The molecular weight excluding hydrogens is 246 g/mol. The molecule has 0 radical (unpaired) electrons. The number of hydrogen-bond donors (Lipinski definition) is 1. The van der Waals surface area contributed by atoms with Gasteiger partial charge in [0, 0.05) is 17.7 Å². The van der Waals surface area contributed by atoms with Crippen LogP contribution in [0, 0.1) is 0 Å². The monoisotopic (exact) mass is 269 g/mol. The molecule has 1 saturated carbocycles. The van der Waals surface area contributed by atoms with Crippen LogP contribution in [0.2, 0.25) is 0 Å². The summed E-state index contributed by atoms with van der Waals surface area (Å²) in [4.78, 5) is 4.44. The molecule has 0 aromatic carbocycles. The standard InChI is InChI=1S/C13H23N3OS/c1-10(14-2)8-13-15-12(16-17-13)9-18-11-6-4-3-5-7-11/h10-11,14H,3-9H2,1-2H3. The molecule has 102 valence electrons. The van der Waals surface area contributed by atoms with Crippen molar-refractivity contribution in [3.05, 3.63) is 11.7 Å². The maximum atomic E-state index is 5.26. The molecule has 1 aliphatic carbocycles. The van der Waals surface area contributed by atoms with E-state index >= 15 is 0 Å². The maximum Gasteiger partial charge on any atom is 0.228 e. The van der Waals surface area contributed by atoms with Crippen LogP contribution < -0.4 is 5.32 Å². The summed E-state index contributed by atoms with van der Waals surface area (Å²) in [6.07, 6.45) is 7.69. The van der Waals surface area contributed by atoms with Crippen molar-refractivity contribution in [1.29, 1.82) is 0 Å². The number of thioether (sulfide) groups is 1. The first kappa shape index (κ1) is 13.9. The molecule has 1 aliphatic rings. The molecule has 2 rings (SSSR count). The number of rotatable bonds is 6. The Labute approximate surface area is 113 Å². The van der Waals surface area contributed by atoms with Gasteiger partial charge in [-0.3, -0.25) is 0 Å². The molecule has 5 heteroatoms. The highest BCUT2D eigenvalue weighted by molar-refractivity contribution is 7.99. The smallest absolute Gasteiger partial charge is 0.228 e. The van der Waals surface area contributed by atoms with Crippen LogP contribution in [0.15, 0.2) is 4.52 Å². The van der Waals surface area contributed by atoms with E-state index < -0.39 is 0 Å². The summed E-state index contributed by atoms with van der Waals surface area (Å²) in [5, 5.41) is 8.03. The van der Waals surface area contributed by atoms with Crippen LogP contribution in [0.5, 0.6) is 0 Å². The van der Waals surface area contributed by atoms with E-state index in [1.54, 1.807) is 0 Å². The number of nitrogens with one attached hydrogen (secondary N) is 1. The van der Waals surface area contributed by atoms with E-state index in [-0.39, 0.29) is 0 Å². The zero-order valence-electron chi connectivity index (χ0n) is 11.3. The predicted octanol–water partition coefficient (Wildman–Crippen LogP) is 2.79. The average Bonchev–Trinajstić information content (AvgIpc) is 2.85. The van der Waals surface area contributed by atoms with Crippen molar-refractivity contribution < 1.29 is 4.52 Å². The summed E-state index contributed by atoms with van der Waals surface area (Å²) >= 11 is 1.99. The van der Waals surface area contributed by atoms with E-state index in [0.29, 0.717) is 6.04 Å². The largest absolute Gasteiger partial charge is 0.339 e. The van der Waals surface area contributed by atoms with Gasteiger partial charge in [-0.15, -0.1) is 0 Å². The van der Waals surface area contributed by atoms with Crippen molar-refractivity contribution in [1.82, 2.24) is 15.5 Å². The van der Waals surface area contributed by atoms with Gasteiger partial charge in [-0.05, 0) is 26.8 Å². The average molecular weight is 269 g/mol. The molecule has 1 N–H and O–H groups in total. The van der Waals surface area contributed by atoms with Crippen molar-refractivity contribution in [2.24, 2.45) is 0 Å². The second-order valence-corrected chi connectivity index (χ2v) is 6.36. The van der Waals surface area contributed by atoms with Crippen molar-refractivity contribution in [3.8, 4) is 0 Å². The lowest BCUT2D eigenvalue weighted by Gasteiger charge is -2.19. The predicted molar refractivity (Wildman–Crippen MR) is 74.7 cm³/mol. The van der Waals surface area contributed by atoms with E-state index in [1.165, 1.54) is 32.1 Å². The number of likely N-dealkylation sites (N-methyl/N-ethyl adjacent to an activating group) is 1. The molecule has 1 heterocycles. The van der Waals surface area contributed by atoms with E-state index in [2.05, 4.69) is 22.4 Å². The summed E-state index contributed by atoms with van der Waals surface area (Å²) < 4.78 is 5.26. The molecule has 1 aromatic heterocycles. The van der Waals surface area contributed by atoms with Gasteiger partial charge in [-0.2, -0.15) is 16.7 Å². The lowest BCUT2D eigenvalue weighted by atomic mass is 10.0. The third-order valence-electron chi connectivity index (χ3n) is 3.48. The third kappa shape index (κ3) is 4.28. The van der Waals surface area contributed by atoms with Crippen LogP contribution in [-0.4, -0.2) is 28.5 Å². The first-order valence-electron chi connectivity index (χ1n) is 6.88. The van der Waals surface area contributed by atoms with Crippen molar-refractivity contribution in [3.63, 3.8) is 0 Å². The summed E-state index contributed by atoms with van der Waals surface area (Å²) in [5.74, 6) is 2.49. The second-order valence-electron chi connectivity index (χ2n) is 5.07. The van der Waals surface area contributed by atoms with Gasteiger partial charge in [-0.1, -0.05) is 24.4 Å². The Kier molecular flexibility index (Phi) is 5.50. The molecule has 0 aliphatic heterocycles. The van der Waals surface area contributed by atoms with Gasteiger partial charge in [0.25, 0.3) is 0 Å². The maximum absolute atomic E-state index is 5.26. The van der Waals surface area contributed by atoms with Crippen LogP contribution in [0.3, 0.4) is 0 Å². The fraction of sp³-hybridized carbons (Fsp3) is 0.846. The van der Waals surface area contributed by atoms with E-state index in [1.807, 2.05) is 18.8 Å². The van der Waals surface area contributed by atoms with Crippen LogP contribution in [0.4, 0.5) is 0 Å². The van der Waals surface area contributed by atoms with Gasteiger partial charge < -0.3 is 9.84 Å². The molecule has 0 spiro atoms. The zero-order chi connectivity index (χ0) is 12.8. The van der Waals surface area contributed by atoms with E-state index in [0.717, 1.165) is 29.1 Å². The first-order chi connectivity index (χ1) is 8.78. The summed E-state index contributed by atoms with van der Waals surface area (Å²) in [5.41, 5.74) is 0. The van der Waals surface area contributed by atoms with Crippen molar-refractivity contribution in [2.45, 2.75) is 62.5 Å². The van der Waals surface area contributed by atoms with Crippen LogP contribution >= 0.6 is 11.8 Å². The molecule has 1 unspecified atom stereocenters. The lowest BCUT2D eigenvalue weighted by Crippen LogP contribution is -2.23. The van der Waals surface area contributed by atoms with Gasteiger partial charge >= 0.3 is 0 Å².